The summed E-state index contributed by atoms with van der Waals surface area (Å²) < 4.78 is 1.06. The van der Waals surface area contributed by atoms with Gasteiger partial charge in [0.25, 0.3) is 11.2 Å². The zero-order valence-corrected chi connectivity index (χ0v) is 11.3. The molecule has 0 saturated carbocycles. The molecule has 7 nitrogen and oxygen atoms in total. The molecule has 0 aliphatic carbocycles. The van der Waals surface area contributed by atoms with Crippen LogP contribution in [0.1, 0.15) is 5.56 Å². The van der Waals surface area contributed by atoms with Crippen LogP contribution in [0.4, 0.5) is 5.69 Å². The van der Waals surface area contributed by atoms with Crippen LogP contribution in [0.25, 0.3) is 0 Å². The van der Waals surface area contributed by atoms with Crippen LogP contribution in [0.15, 0.2) is 34.0 Å². The minimum Gasteiger partial charge on any atom is -0.294 e. The van der Waals surface area contributed by atoms with Crippen molar-refractivity contribution in [1.29, 1.82) is 0 Å². The molecule has 2 aromatic rings. The third kappa shape index (κ3) is 2.89. The SMILES string of the molecule is O=c1[nH]c(=O)n(Cc2cc(Cl)ccc2[N+](=O)[O-])cc1Cl. The molecule has 0 spiro atoms. The summed E-state index contributed by atoms with van der Waals surface area (Å²) in [4.78, 5) is 35.1. The lowest BCUT2D eigenvalue weighted by Gasteiger charge is -2.06. The van der Waals surface area contributed by atoms with Gasteiger partial charge in [-0.3, -0.25) is 24.5 Å². The summed E-state index contributed by atoms with van der Waals surface area (Å²) >= 11 is 11.4. The van der Waals surface area contributed by atoms with Crippen LogP contribution in [-0.4, -0.2) is 14.5 Å². The predicted molar refractivity (Wildman–Crippen MR) is 73.5 cm³/mol. The van der Waals surface area contributed by atoms with E-state index in [4.69, 9.17) is 23.2 Å². The molecule has 20 heavy (non-hydrogen) atoms. The molecular formula is C11H7Cl2N3O4. The average Bonchev–Trinajstić information content (AvgIpc) is 2.35. The van der Waals surface area contributed by atoms with Crippen molar-refractivity contribution in [1.82, 2.24) is 9.55 Å². The van der Waals surface area contributed by atoms with Gasteiger partial charge in [0.05, 0.1) is 17.0 Å². The van der Waals surface area contributed by atoms with Crippen molar-refractivity contribution in [3.63, 3.8) is 0 Å². The number of H-pyrrole nitrogens is 1. The van der Waals surface area contributed by atoms with Gasteiger partial charge in [-0.05, 0) is 12.1 Å². The Morgan fingerprint density at radius 2 is 2.00 bits per heavy atom. The molecule has 1 aromatic heterocycles. The Kier molecular flexibility index (Phi) is 3.91. The summed E-state index contributed by atoms with van der Waals surface area (Å²) in [6.45, 7) is -0.133. The smallest absolute Gasteiger partial charge is 0.294 e. The Bertz CT molecular complexity index is 797. The first-order valence-corrected chi connectivity index (χ1v) is 6.06. The maximum Gasteiger partial charge on any atom is 0.328 e. The van der Waals surface area contributed by atoms with E-state index in [9.17, 15) is 19.7 Å². The lowest BCUT2D eigenvalue weighted by atomic mass is 10.2. The molecule has 9 heteroatoms. The van der Waals surface area contributed by atoms with Crippen LogP contribution < -0.4 is 11.2 Å². The lowest BCUT2D eigenvalue weighted by molar-refractivity contribution is -0.385. The Morgan fingerprint density at radius 1 is 1.30 bits per heavy atom. The molecule has 0 radical (unpaired) electrons. The Hall–Kier alpha value is -2.12. The minimum atomic E-state index is -0.714. The van der Waals surface area contributed by atoms with E-state index in [0.29, 0.717) is 5.02 Å². The van der Waals surface area contributed by atoms with Crippen molar-refractivity contribution >= 4 is 28.9 Å². The minimum absolute atomic E-state index is 0.133. The van der Waals surface area contributed by atoms with Crippen LogP contribution in [0, 0.1) is 10.1 Å². The van der Waals surface area contributed by atoms with E-state index in [0.717, 1.165) is 10.8 Å². The van der Waals surface area contributed by atoms with E-state index in [2.05, 4.69) is 0 Å². The van der Waals surface area contributed by atoms with Gasteiger partial charge in [0.2, 0.25) is 0 Å². The van der Waals surface area contributed by atoms with Crippen molar-refractivity contribution in [2.24, 2.45) is 0 Å². The standard InChI is InChI=1S/C11H7Cl2N3O4/c12-7-1-2-9(16(19)20)6(3-7)4-15-5-8(13)10(17)14-11(15)18/h1-3,5H,4H2,(H,14,17,18). The summed E-state index contributed by atoms with van der Waals surface area (Å²) in [6, 6.07) is 4.01. The first-order chi connectivity index (χ1) is 9.38. The first-order valence-electron chi connectivity index (χ1n) is 5.30. The second-order valence-electron chi connectivity index (χ2n) is 3.89. The largest absolute Gasteiger partial charge is 0.328 e. The first kappa shape index (κ1) is 14.3. The molecule has 0 aliphatic heterocycles. The number of nitrogens with one attached hydrogen (secondary N) is 1. The van der Waals surface area contributed by atoms with Gasteiger partial charge in [-0.2, -0.15) is 0 Å². The van der Waals surface area contributed by atoms with Crippen LogP contribution in [0.2, 0.25) is 10.0 Å². The van der Waals surface area contributed by atoms with Gasteiger partial charge < -0.3 is 0 Å². The number of benzene rings is 1. The topological polar surface area (TPSA) is 98.0 Å². The number of nitro benzene ring substituents is 1. The number of hydrogen-bond donors (Lipinski definition) is 1. The summed E-state index contributed by atoms with van der Waals surface area (Å²) in [5.74, 6) is 0. The van der Waals surface area contributed by atoms with Crippen molar-refractivity contribution in [2.75, 3.05) is 0 Å². The Labute approximate surface area is 121 Å². The molecule has 0 fully saturated rings. The fourth-order valence-electron chi connectivity index (χ4n) is 1.64. The van der Waals surface area contributed by atoms with Crippen molar-refractivity contribution in [2.45, 2.75) is 6.54 Å². The summed E-state index contributed by atoms with van der Waals surface area (Å²) in [5.41, 5.74) is -1.38. The van der Waals surface area contributed by atoms with E-state index in [1.807, 2.05) is 4.98 Å². The highest BCUT2D eigenvalue weighted by molar-refractivity contribution is 6.30. The predicted octanol–water partition coefficient (Wildman–Crippen LogP) is 1.80. The number of rotatable bonds is 3. The van der Waals surface area contributed by atoms with Gasteiger partial charge in [-0.15, -0.1) is 0 Å². The van der Waals surface area contributed by atoms with E-state index in [-0.39, 0.29) is 22.8 Å². The highest BCUT2D eigenvalue weighted by Crippen LogP contribution is 2.23. The average molecular weight is 316 g/mol. The molecule has 0 unspecified atom stereocenters. The molecular weight excluding hydrogens is 309 g/mol. The second kappa shape index (κ2) is 5.48. The van der Waals surface area contributed by atoms with Crippen LogP contribution in [0.5, 0.6) is 0 Å². The highest BCUT2D eigenvalue weighted by atomic mass is 35.5. The number of halogens is 2. The lowest BCUT2D eigenvalue weighted by Crippen LogP contribution is -2.30. The fraction of sp³-hybridized carbons (Fsp3) is 0.0909. The molecule has 104 valence electrons. The van der Waals surface area contributed by atoms with Crippen LogP contribution in [0.3, 0.4) is 0 Å². The molecule has 0 bridgehead atoms. The molecule has 1 heterocycles. The van der Waals surface area contributed by atoms with E-state index in [1.165, 1.54) is 18.2 Å². The summed E-state index contributed by atoms with van der Waals surface area (Å²) in [7, 11) is 0. The van der Waals surface area contributed by atoms with E-state index in [1.54, 1.807) is 0 Å². The third-order valence-corrected chi connectivity index (χ3v) is 3.05. The van der Waals surface area contributed by atoms with Gasteiger partial charge in [0.1, 0.15) is 5.02 Å². The fourth-order valence-corrected chi connectivity index (χ4v) is 2.00. The van der Waals surface area contributed by atoms with Gasteiger partial charge in [-0.1, -0.05) is 23.2 Å². The van der Waals surface area contributed by atoms with E-state index < -0.39 is 16.2 Å². The summed E-state index contributed by atoms with van der Waals surface area (Å²) in [5, 5.41) is 11.0. The normalized spacial score (nSPS) is 10.5. The quantitative estimate of drug-likeness (QED) is 0.689. The molecule has 0 aliphatic rings. The number of aromatic amines is 1. The van der Waals surface area contributed by atoms with Crippen molar-refractivity contribution in [3.8, 4) is 0 Å². The number of nitrogens with zero attached hydrogens (tertiary/aromatic N) is 2. The van der Waals surface area contributed by atoms with Crippen molar-refractivity contribution < 1.29 is 4.92 Å². The third-order valence-electron chi connectivity index (χ3n) is 2.55. The van der Waals surface area contributed by atoms with Gasteiger partial charge >= 0.3 is 5.69 Å². The monoisotopic (exact) mass is 315 g/mol. The molecule has 0 amide bonds. The molecule has 0 atom stereocenters. The molecule has 2 rings (SSSR count). The zero-order valence-electron chi connectivity index (χ0n) is 9.80. The van der Waals surface area contributed by atoms with Gasteiger partial charge in [0, 0.05) is 17.3 Å². The van der Waals surface area contributed by atoms with Crippen LogP contribution >= 0.6 is 23.2 Å². The molecule has 1 aromatic carbocycles. The second-order valence-corrected chi connectivity index (χ2v) is 4.74. The van der Waals surface area contributed by atoms with Crippen LogP contribution in [-0.2, 0) is 6.54 Å². The van der Waals surface area contributed by atoms with Gasteiger partial charge in [-0.25, -0.2) is 4.79 Å². The van der Waals surface area contributed by atoms with E-state index >= 15 is 0 Å². The Morgan fingerprint density at radius 3 is 2.65 bits per heavy atom. The number of hydrogen-bond acceptors (Lipinski definition) is 4. The maximum absolute atomic E-state index is 11.6. The van der Waals surface area contributed by atoms with Crippen molar-refractivity contribution in [3.05, 3.63) is 71.0 Å². The molecule has 1 N–H and O–H groups in total. The molecule has 0 saturated heterocycles. The number of nitro groups is 1. The number of aromatic nitrogens is 2. The zero-order chi connectivity index (χ0) is 14.9. The Balaban J connectivity index is 2.52. The highest BCUT2D eigenvalue weighted by Gasteiger charge is 2.15. The maximum atomic E-state index is 11.6. The van der Waals surface area contributed by atoms with Gasteiger partial charge in [0.15, 0.2) is 0 Å². The summed E-state index contributed by atoms with van der Waals surface area (Å²) in [6.07, 6.45) is 1.12.